The average Bonchev–Trinajstić information content (AvgIpc) is 2.90. The van der Waals surface area contributed by atoms with Crippen LogP contribution in [0.2, 0.25) is 0 Å². The Balaban J connectivity index is 1.77. The summed E-state index contributed by atoms with van der Waals surface area (Å²) in [6.45, 7) is 5.61. The van der Waals surface area contributed by atoms with Crippen molar-refractivity contribution in [1.82, 2.24) is 20.2 Å². The minimum atomic E-state index is -0.261. The zero-order chi connectivity index (χ0) is 15.7. The first-order valence-corrected chi connectivity index (χ1v) is 7.81. The quantitative estimate of drug-likeness (QED) is 0.882. The van der Waals surface area contributed by atoms with E-state index in [-0.39, 0.29) is 11.9 Å². The molecule has 0 aromatic heterocycles. The maximum Gasteiger partial charge on any atom is 0.245 e. The number of hydrogen-bond acceptors (Lipinski definition) is 4. The molecule has 0 radical (unpaired) electrons. The first-order valence-electron chi connectivity index (χ1n) is 7.81. The van der Waals surface area contributed by atoms with Gasteiger partial charge in [0.1, 0.15) is 6.04 Å². The van der Waals surface area contributed by atoms with Gasteiger partial charge in [0.15, 0.2) is 0 Å². The van der Waals surface area contributed by atoms with Crippen LogP contribution in [0.15, 0.2) is 30.3 Å². The number of hydrazine groups is 1. The summed E-state index contributed by atoms with van der Waals surface area (Å²) >= 11 is 0. The molecule has 3 rings (SSSR count). The molecule has 1 amide bonds. The minimum absolute atomic E-state index is 0.170. The number of carbonyl (C=O) groups is 1. The fraction of sp³-hybridized carbons (Fsp3) is 0.471. The fourth-order valence-corrected chi connectivity index (χ4v) is 3.07. The van der Waals surface area contributed by atoms with E-state index in [1.54, 1.807) is 0 Å². The summed E-state index contributed by atoms with van der Waals surface area (Å²) in [7, 11) is 4.06. The lowest BCUT2D eigenvalue weighted by Gasteiger charge is -2.33. The zero-order valence-electron chi connectivity index (χ0n) is 13.5. The molecule has 0 aliphatic carbocycles. The number of hydrogen-bond donors (Lipinski definition) is 1. The van der Waals surface area contributed by atoms with Gasteiger partial charge < -0.3 is 14.8 Å². The molecule has 1 atom stereocenters. The molecule has 2 heterocycles. The van der Waals surface area contributed by atoms with Gasteiger partial charge in [0.2, 0.25) is 5.91 Å². The zero-order valence-corrected chi connectivity index (χ0v) is 13.5. The van der Waals surface area contributed by atoms with Crippen LogP contribution in [0.25, 0.3) is 5.70 Å². The Morgan fingerprint density at radius 1 is 1.14 bits per heavy atom. The molecule has 1 aromatic carbocycles. The van der Waals surface area contributed by atoms with E-state index in [1.165, 1.54) is 11.1 Å². The van der Waals surface area contributed by atoms with Crippen LogP contribution in [0.5, 0.6) is 0 Å². The Kier molecular flexibility index (Phi) is 4.18. The molecule has 0 saturated carbocycles. The van der Waals surface area contributed by atoms with Crippen LogP contribution >= 0.6 is 0 Å². The number of aryl methyl sites for hydroxylation is 1. The predicted molar refractivity (Wildman–Crippen MR) is 87.9 cm³/mol. The molecule has 1 unspecified atom stereocenters. The van der Waals surface area contributed by atoms with E-state index >= 15 is 0 Å². The van der Waals surface area contributed by atoms with Crippen molar-refractivity contribution in [3.8, 4) is 0 Å². The van der Waals surface area contributed by atoms with Crippen LogP contribution in [0, 0.1) is 6.92 Å². The minimum Gasteiger partial charge on any atom is -0.338 e. The van der Waals surface area contributed by atoms with Crippen LogP contribution < -0.4 is 5.43 Å². The maximum absolute atomic E-state index is 12.7. The highest BCUT2D eigenvalue weighted by Gasteiger charge is 2.31. The topological polar surface area (TPSA) is 38.8 Å². The first-order chi connectivity index (χ1) is 10.6. The predicted octanol–water partition coefficient (Wildman–Crippen LogP) is 0.929. The second kappa shape index (κ2) is 6.10. The number of rotatable bonds is 2. The monoisotopic (exact) mass is 300 g/mol. The third-order valence-electron chi connectivity index (χ3n) is 4.52. The molecule has 2 aliphatic rings. The second-order valence-electron chi connectivity index (χ2n) is 6.16. The van der Waals surface area contributed by atoms with E-state index in [1.807, 2.05) is 35.2 Å². The number of likely N-dealkylation sites (N-methyl/N-ethyl adjacent to an activating group) is 1. The number of amides is 1. The van der Waals surface area contributed by atoms with E-state index < -0.39 is 0 Å². The van der Waals surface area contributed by atoms with Crippen molar-refractivity contribution >= 4 is 11.6 Å². The van der Waals surface area contributed by atoms with Gasteiger partial charge in [-0.3, -0.25) is 4.79 Å². The number of carbonyl (C=O) groups excluding carboxylic acids is 1. The molecule has 1 N–H and O–H groups in total. The molecule has 118 valence electrons. The molecule has 22 heavy (non-hydrogen) atoms. The van der Waals surface area contributed by atoms with Gasteiger partial charge in [-0.05, 0) is 25.6 Å². The third kappa shape index (κ3) is 2.87. The molecular weight excluding hydrogens is 276 g/mol. The van der Waals surface area contributed by atoms with E-state index in [0.717, 1.165) is 31.9 Å². The molecule has 1 fully saturated rings. The van der Waals surface area contributed by atoms with Crippen molar-refractivity contribution in [3.05, 3.63) is 41.5 Å². The molecule has 0 bridgehead atoms. The maximum atomic E-state index is 12.7. The Morgan fingerprint density at radius 3 is 2.50 bits per heavy atom. The summed E-state index contributed by atoms with van der Waals surface area (Å²) in [5.74, 6) is 0.170. The summed E-state index contributed by atoms with van der Waals surface area (Å²) in [4.78, 5) is 16.9. The van der Waals surface area contributed by atoms with Gasteiger partial charge in [-0.25, -0.2) is 5.43 Å². The third-order valence-corrected chi connectivity index (χ3v) is 4.52. The lowest BCUT2D eigenvalue weighted by atomic mass is 10.0. The van der Waals surface area contributed by atoms with Gasteiger partial charge in [-0.1, -0.05) is 24.3 Å². The van der Waals surface area contributed by atoms with Gasteiger partial charge >= 0.3 is 0 Å². The number of benzene rings is 1. The molecule has 5 nitrogen and oxygen atoms in total. The van der Waals surface area contributed by atoms with E-state index in [2.05, 4.69) is 36.4 Å². The Bertz CT molecular complexity index is 590. The van der Waals surface area contributed by atoms with Crippen molar-refractivity contribution in [3.63, 3.8) is 0 Å². The van der Waals surface area contributed by atoms with Crippen molar-refractivity contribution in [2.45, 2.75) is 13.0 Å². The molecule has 1 saturated heterocycles. The Hall–Kier alpha value is -1.85. The van der Waals surface area contributed by atoms with Gasteiger partial charge in [-0.15, -0.1) is 0 Å². The Morgan fingerprint density at radius 2 is 1.82 bits per heavy atom. The van der Waals surface area contributed by atoms with E-state index in [4.69, 9.17) is 0 Å². The Labute approximate surface area is 132 Å². The molecule has 1 aromatic rings. The standard InChI is InChI=1S/C17H24N4O/c1-13-6-4-5-7-14(13)16-12-15(18-20(16)3)17(22)21-10-8-19(2)9-11-21/h4-7,12,15,18H,8-11H2,1-3H3. The van der Waals surface area contributed by atoms with Gasteiger partial charge in [0.05, 0.1) is 5.70 Å². The second-order valence-corrected chi connectivity index (χ2v) is 6.16. The summed E-state index contributed by atoms with van der Waals surface area (Å²) in [6, 6.07) is 8.01. The lowest BCUT2D eigenvalue weighted by molar-refractivity contribution is -0.134. The van der Waals surface area contributed by atoms with Gasteiger partial charge in [0, 0.05) is 38.8 Å². The normalized spacial score (nSPS) is 22.9. The lowest BCUT2D eigenvalue weighted by Crippen LogP contribution is -2.53. The van der Waals surface area contributed by atoms with E-state index in [9.17, 15) is 4.79 Å². The van der Waals surface area contributed by atoms with Crippen molar-refractivity contribution in [2.75, 3.05) is 40.3 Å². The van der Waals surface area contributed by atoms with Crippen LogP contribution in [-0.2, 0) is 4.79 Å². The smallest absolute Gasteiger partial charge is 0.245 e. The summed E-state index contributed by atoms with van der Waals surface area (Å²) in [5.41, 5.74) is 6.74. The summed E-state index contributed by atoms with van der Waals surface area (Å²) in [6.07, 6.45) is 2.04. The van der Waals surface area contributed by atoms with Crippen LogP contribution in [0.3, 0.4) is 0 Å². The largest absolute Gasteiger partial charge is 0.338 e. The molecule has 2 aliphatic heterocycles. The number of piperazine rings is 1. The first kappa shape index (κ1) is 15.1. The number of nitrogens with zero attached hydrogens (tertiary/aromatic N) is 3. The number of nitrogens with one attached hydrogen (secondary N) is 1. The van der Waals surface area contributed by atoms with Crippen molar-refractivity contribution in [2.24, 2.45) is 0 Å². The molecule has 0 spiro atoms. The highest BCUT2D eigenvalue weighted by Crippen LogP contribution is 2.25. The SMILES string of the molecule is Cc1ccccc1C1=CC(C(=O)N2CCN(C)CC2)NN1C. The summed E-state index contributed by atoms with van der Waals surface area (Å²) in [5, 5.41) is 1.96. The van der Waals surface area contributed by atoms with Crippen molar-refractivity contribution in [1.29, 1.82) is 0 Å². The van der Waals surface area contributed by atoms with Gasteiger partial charge in [0.25, 0.3) is 0 Å². The molecule has 5 heteroatoms. The fourth-order valence-electron chi connectivity index (χ4n) is 3.07. The highest BCUT2D eigenvalue weighted by molar-refractivity contribution is 5.88. The van der Waals surface area contributed by atoms with Crippen LogP contribution in [0.4, 0.5) is 0 Å². The van der Waals surface area contributed by atoms with Crippen molar-refractivity contribution < 1.29 is 4.79 Å². The van der Waals surface area contributed by atoms with Gasteiger partial charge in [-0.2, -0.15) is 0 Å². The molecular formula is C17H24N4O. The summed E-state index contributed by atoms with van der Waals surface area (Å²) < 4.78 is 0. The average molecular weight is 300 g/mol. The van der Waals surface area contributed by atoms with Crippen LogP contribution in [-0.4, -0.2) is 67.0 Å². The highest BCUT2D eigenvalue weighted by atomic mass is 16.2. The van der Waals surface area contributed by atoms with Crippen LogP contribution in [0.1, 0.15) is 11.1 Å². The van der Waals surface area contributed by atoms with E-state index in [0.29, 0.717) is 0 Å².